The van der Waals surface area contributed by atoms with E-state index in [1.807, 2.05) is 0 Å². The third-order valence-corrected chi connectivity index (χ3v) is 3.95. The molecule has 0 aromatic carbocycles. The number of sulfonamides is 1. The molecule has 1 aliphatic carbocycles. The molecule has 0 radical (unpaired) electrons. The summed E-state index contributed by atoms with van der Waals surface area (Å²) >= 11 is 0. The number of nitrogens with one attached hydrogen (secondary N) is 1. The predicted octanol–water partition coefficient (Wildman–Crippen LogP) is 2.28. The van der Waals surface area contributed by atoms with Gasteiger partial charge in [0.05, 0.1) is 6.26 Å². The van der Waals surface area contributed by atoms with Crippen LogP contribution in [0.5, 0.6) is 0 Å². The molecule has 1 aliphatic rings. The molecule has 0 aromatic rings. The molecule has 4 heteroatoms. The first kappa shape index (κ1) is 13.0. The molecule has 0 spiro atoms. The van der Waals surface area contributed by atoms with Crippen LogP contribution in [0.3, 0.4) is 0 Å². The minimum Gasteiger partial charge on any atom is -0.213 e. The molecule has 0 heterocycles. The second kappa shape index (κ2) is 5.85. The molecular weight excluding hydrogens is 210 g/mol. The van der Waals surface area contributed by atoms with Crippen LogP contribution in [-0.4, -0.2) is 20.7 Å². The molecular formula is C11H23NO2S. The van der Waals surface area contributed by atoms with Crippen molar-refractivity contribution in [3.8, 4) is 0 Å². The van der Waals surface area contributed by atoms with Gasteiger partial charge >= 0.3 is 0 Å². The number of hydrogen-bond acceptors (Lipinski definition) is 2. The van der Waals surface area contributed by atoms with Gasteiger partial charge in [0, 0.05) is 6.04 Å². The minimum atomic E-state index is -3.01. The smallest absolute Gasteiger partial charge is 0.208 e. The maximum Gasteiger partial charge on any atom is 0.208 e. The molecule has 0 aliphatic heterocycles. The fraction of sp³-hybridized carbons (Fsp3) is 1.00. The summed E-state index contributed by atoms with van der Waals surface area (Å²) in [4.78, 5) is 0. The standard InChI is InChI=1S/C11H23NO2S/c1-3-4-5-10-6-8-11(9-7-10)12-15(2,13)14/h10-12H,3-9H2,1-2H3/t10-,11-. The van der Waals surface area contributed by atoms with Crippen LogP contribution < -0.4 is 4.72 Å². The van der Waals surface area contributed by atoms with Crippen LogP contribution in [0.15, 0.2) is 0 Å². The van der Waals surface area contributed by atoms with E-state index in [9.17, 15) is 8.42 Å². The van der Waals surface area contributed by atoms with Crippen molar-refractivity contribution in [3.63, 3.8) is 0 Å². The van der Waals surface area contributed by atoms with Crippen molar-refractivity contribution < 1.29 is 8.42 Å². The maximum atomic E-state index is 11.0. The van der Waals surface area contributed by atoms with Crippen molar-refractivity contribution in [2.24, 2.45) is 5.92 Å². The molecule has 15 heavy (non-hydrogen) atoms. The van der Waals surface area contributed by atoms with E-state index < -0.39 is 10.0 Å². The van der Waals surface area contributed by atoms with Crippen LogP contribution in [0.2, 0.25) is 0 Å². The first-order chi connectivity index (χ1) is 7.01. The van der Waals surface area contributed by atoms with Crippen LogP contribution in [0.25, 0.3) is 0 Å². The molecule has 1 N–H and O–H groups in total. The summed E-state index contributed by atoms with van der Waals surface area (Å²) in [7, 11) is -3.01. The highest BCUT2D eigenvalue weighted by atomic mass is 32.2. The van der Waals surface area contributed by atoms with Gasteiger partial charge in [-0.3, -0.25) is 0 Å². The first-order valence-electron chi connectivity index (χ1n) is 5.98. The molecule has 0 amide bonds. The summed E-state index contributed by atoms with van der Waals surface area (Å²) in [5, 5.41) is 0. The van der Waals surface area contributed by atoms with E-state index >= 15 is 0 Å². The number of unbranched alkanes of at least 4 members (excludes halogenated alkanes) is 1. The molecule has 90 valence electrons. The van der Waals surface area contributed by atoms with E-state index in [-0.39, 0.29) is 6.04 Å². The van der Waals surface area contributed by atoms with Crippen LogP contribution in [0.4, 0.5) is 0 Å². The molecule has 0 aromatic heterocycles. The Hall–Kier alpha value is -0.0900. The van der Waals surface area contributed by atoms with Gasteiger partial charge in [0.25, 0.3) is 0 Å². The lowest BCUT2D eigenvalue weighted by Crippen LogP contribution is -2.36. The topological polar surface area (TPSA) is 46.2 Å². The number of rotatable bonds is 5. The van der Waals surface area contributed by atoms with E-state index in [1.165, 1.54) is 38.4 Å². The third kappa shape index (κ3) is 5.52. The fourth-order valence-corrected chi connectivity index (χ4v) is 3.21. The average molecular weight is 233 g/mol. The summed E-state index contributed by atoms with van der Waals surface area (Å²) < 4.78 is 24.8. The molecule has 0 saturated heterocycles. The molecule has 1 saturated carbocycles. The maximum absolute atomic E-state index is 11.0. The van der Waals surface area contributed by atoms with E-state index in [1.54, 1.807) is 0 Å². The molecule has 1 rings (SSSR count). The van der Waals surface area contributed by atoms with Gasteiger partial charge in [-0.05, 0) is 31.6 Å². The van der Waals surface area contributed by atoms with Crippen molar-refractivity contribution >= 4 is 10.0 Å². The summed E-state index contributed by atoms with van der Waals surface area (Å²) in [5.74, 6) is 0.836. The average Bonchev–Trinajstić information content (AvgIpc) is 2.14. The summed E-state index contributed by atoms with van der Waals surface area (Å²) in [6.45, 7) is 2.22. The molecule has 1 fully saturated rings. The lowest BCUT2D eigenvalue weighted by atomic mass is 9.83. The Balaban J connectivity index is 2.24. The zero-order valence-electron chi connectivity index (χ0n) is 9.83. The van der Waals surface area contributed by atoms with E-state index in [2.05, 4.69) is 11.6 Å². The Morgan fingerprint density at radius 2 is 1.80 bits per heavy atom. The van der Waals surface area contributed by atoms with Crippen LogP contribution in [0, 0.1) is 5.92 Å². The Morgan fingerprint density at radius 3 is 2.27 bits per heavy atom. The van der Waals surface area contributed by atoms with Gasteiger partial charge in [-0.15, -0.1) is 0 Å². The highest BCUT2D eigenvalue weighted by molar-refractivity contribution is 7.88. The van der Waals surface area contributed by atoms with E-state index in [0.717, 1.165) is 18.8 Å². The molecule has 0 bridgehead atoms. The fourth-order valence-electron chi connectivity index (χ4n) is 2.36. The highest BCUT2D eigenvalue weighted by Crippen LogP contribution is 2.28. The second-order valence-electron chi connectivity index (χ2n) is 4.75. The van der Waals surface area contributed by atoms with Crippen molar-refractivity contribution in [2.45, 2.75) is 57.9 Å². The van der Waals surface area contributed by atoms with E-state index in [0.29, 0.717) is 0 Å². The van der Waals surface area contributed by atoms with Gasteiger partial charge in [-0.25, -0.2) is 13.1 Å². The van der Waals surface area contributed by atoms with E-state index in [4.69, 9.17) is 0 Å². The largest absolute Gasteiger partial charge is 0.213 e. The molecule has 0 unspecified atom stereocenters. The normalized spacial score (nSPS) is 27.9. The van der Waals surface area contributed by atoms with Crippen molar-refractivity contribution in [1.29, 1.82) is 0 Å². The Kier molecular flexibility index (Phi) is 5.06. The minimum absolute atomic E-state index is 0.192. The van der Waals surface area contributed by atoms with Gasteiger partial charge in [0.2, 0.25) is 10.0 Å². The Bertz CT molecular complexity index is 266. The van der Waals surface area contributed by atoms with Gasteiger partial charge in [-0.2, -0.15) is 0 Å². The van der Waals surface area contributed by atoms with Gasteiger partial charge in [0.15, 0.2) is 0 Å². The van der Waals surface area contributed by atoms with Crippen molar-refractivity contribution in [3.05, 3.63) is 0 Å². The number of hydrogen-bond donors (Lipinski definition) is 1. The van der Waals surface area contributed by atoms with Gasteiger partial charge < -0.3 is 0 Å². The van der Waals surface area contributed by atoms with Gasteiger partial charge in [0.1, 0.15) is 0 Å². The van der Waals surface area contributed by atoms with Crippen molar-refractivity contribution in [2.75, 3.05) is 6.26 Å². The lowest BCUT2D eigenvalue weighted by molar-refractivity contribution is 0.294. The third-order valence-electron chi connectivity index (χ3n) is 3.19. The zero-order chi connectivity index (χ0) is 11.3. The molecule has 0 atom stereocenters. The molecule has 3 nitrogen and oxygen atoms in total. The van der Waals surface area contributed by atoms with Crippen molar-refractivity contribution in [1.82, 2.24) is 4.72 Å². The summed E-state index contributed by atoms with van der Waals surface area (Å²) in [6, 6.07) is 0.192. The predicted molar refractivity (Wildman–Crippen MR) is 63.3 cm³/mol. The lowest BCUT2D eigenvalue weighted by Gasteiger charge is -2.28. The zero-order valence-corrected chi connectivity index (χ0v) is 10.6. The van der Waals surface area contributed by atoms with Crippen LogP contribution in [0.1, 0.15) is 51.9 Å². The highest BCUT2D eigenvalue weighted by Gasteiger charge is 2.22. The SMILES string of the molecule is CCCC[C@H]1CC[C@H](NS(C)(=O)=O)CC1. The van der Waals surface area contributed by atoms with Gasteiger partial charge in [-0.1, -0.05) is 26.2 Å². The Labute approximate surface area is 93.7 Å². The Morgan fingerprint density at radius 1 is 1.20 bits per heavy atom. The second-order valence-corrected chi connectivity index (χ2v) is 6.53. The van der Waals surface area contributed by atoms with Crippen LogP contribution in [-0.2, 0) is 10.0 Å². The quantitative estimate of drug-likeness (QED) is 0.792. The van der Waals surface area contributed by atoms with Crippen LogP contribution >= 0.6 is 0 Å². The monoisotopic (exact) mass is 233 g/mol. The first-order valence-corrected chi connectivity index (χ1v) is 7.87. The summed E-state index contributed by atoms with van der Waals surface area (Å²) in [6.07, 6.45) is 9.55. The summed E-state index contributed by atoms with van der Waals surface area (Å²) in [5.41, 5.74) is 0.